The van der Waals surface area contributed by atoms with Gasteiger partial charge in [0.2, 0.25) is 0 Å². The molecule has 1 atom stereocenters. The summed E-state index contributed by atoms with van der Waals surface area (Å²) in [5.41, 5.74) is 1.68. The van der Waals surface area contributed by atoms with Crippen LogP contribution in [0.25, 0.3) is 0 Å². The van der Waals surface area contributed by atoms with Crippen molar-refractivity contribution in [3.63, 3.8) is 0 Å². The molecule has 0 spiro atoms. The van der Waals surface area contributed by atoms with Gasteiger partial charge in [-0.1, -0.05) is 12.1 Å². The minimum absolute atomic E-state index is 0.142. The Morgan fingerprint density at radius 3 is 2.69 bits per heavy atom. The van der Waals surface area contributed by atoms with Gasteiger partial charge in [0.15, 0.2) is 5.78 Å². The quantitative estimate of drug-likeness (QED) is 0.540. The predicted octanol–water partition coefficient (Wildman–Crippen LogP) is 4.48. The van der Waals surface area contributed by atoms with E-state index in [2.05, 4.69) is 10.6 Å². The molecule has 2 N–H and O–H groups in total. The van der Waals surface area contributed by atoms with E-state index in [0.29, 0.717) is 47.9 Å². The van der Waals surface area contributed by atoms with Gasteiger partial charge in [0.25, 0.3) is 11.6 Å². The van der Waals surface area contributed by atoms with E-state index in [1.807, 2.05) is 0 Å². The van der Waals surface area contributed by atoms with Crippen LogP contribution in [0.4, 0.5) is 20.2 Å². The van der Waals surface area contributed by atoms with Crippen LogP contribution in [-0.4, -0.2) is 16.6 Å². The summed E-state index contributed by atoms with van der Waals surface area (Å²) < 4.78 is 27.4. The van der Waals surface area contributed by atoms with E-state index in [1.165, 1.54) is 18.2 Å². The number of allylic oxidation sites excluding steroid dienone is 3. The fourth-order valence-corrected chi connectivity index (χ4v) is 4.22. The van der Waals surface area contributed by atoms with Gasteiger partial charge in [0.05, 0.1) is 10.6 Å². The average Bonchev–Trinajstić information content (AvgIpc) is 2.75. The lowest BCUT2D eigenvalue weighted by molar-refractivity contribution is -0.384. The first-order valence-electron chi connectivity index (χ1n) is 10.0. The first-order chi connectivity index (χ1) is 15.3. The number of Topliss-reactive ketones (excluding diaryl/α,β-unsaturated/α-hetero) is 1. The summed E-state index contributed by atoms with van der Waals surface area (Å²) in [6, 6.07) is 8.55. The number of hydrogen-bond donors (Lipinski definition) is 2. The number of hydrogen-bond acceptors (Lipinski definition) is 5. The van der Waals surface area contributed by atoms with E-state index < -0.39 is 28.4 Å². The van der Waals surface area contributed by atoms with Crippen LogP contribution < -0.4 is 10.6 Å². The number of ketones is 1. The molecule has 1 heterocycles. The molecule has 0 saturated carbocycles. The van der Waals surface area contributed by atoms with E-state index >= 15 is 0 Å². The molecule has 164 valence electrons. The van der Waals surface area contributed by atoms with Gasteiger partial charge >= 0.3 is 0 Å². The maximum atomic E-state index is 14.1. The Bertz CT molecular complexity index is 1220. The molecular weight excluding hydrogens is 420 g/mol. The van der Waals surface area contributed by atoms with Gasteiger partial charge in [0.1, 0.15) is 11.6 Å². The maximum absolute atomic E-state index is 14.1. The van der Waals surface area contributed by atoms with Gasteiger partial charge < -0.3 is 10.6 Å². The fraction of sp³-hybridized carbons (Fsp3) is 0.217. The summed E-state index contributed by atoms with van der Waals surface area (Å²) >= 11 is 0. The number of halogens is 2. The average molecular weight is 439 g/mol. The van der Waals surface area contributed by atoms with Crippen LogP contribution in [0.3, 0.4) is 0 Å². The van der Waals surface area contributed by atoms with Crippen molar-refractivity contribution in [3.05, 3.63) is 92.3 Å². The van der Waals surface area contributed by atoms with Crippen LogP contribution in [0.5, 0.6) is 0 Å². The summed E-state index contributed by atoms with van der Waals surface area (Å²) in [6.45, 7) is 1.66. The van der Waals surface area contributed by atoms with E-state index in [-0.39, 0.29) is 22.7 Å². The molecule has 0 saturated heterocycles. The first-order valence-corrected chi connectivity index (χ1v) is 10.0. The van der Waals surface area contributed by atoms with Crippen molar-refractivity contribution in [2.24, 2.45) is 0 Å². The van der Waals surface area contributed by atoms with Crippen LogP contribution in [0.1, 0.15) is 37.7 Å². The van der Waals surface area contributed by atoms with Gasteiger partial charge in [-0.2, -0.15) is 0 Å². The molecule has 1 aliphatic heterocycles. The van der Waals surface area contributed by atoms with Crippen LogP contribution in [-0.2, 0) is 9.59 Å². The largest absolute Gasteiger partial charge is 0.362 e. The Morgan fingerprint density at radius 2 is 1.97 bits per heavy atom. The Morgan fingerprint density at radius 1 is 1.19 bits per heavy atom. The molecule has 9 heteroatoms. The van der Waals surface area contributed by atoms with Gasteiger partial charge in [-0.3, -0.25) is 19.7 Å². The van der Waals surface area contributed by atoms with Crippen molar-refractivity contribution in [2.75, 3.05) is 5.32 Å². The molecule has 0 unspecified atom stereocenters. The van der Waals surface area contributed by atoms with Gasteiger partial charge in [-0.25, -0.2) is 8.78 Å². The van der Waals surface area contributed by atoms with Crippen LogP contribution >= 0.6 is 0 Å². The normalized spacial score (nSPS) is 18.2. The Labute approximate surface area is 182 Å². The van der Waals surface area contributed by atoms with Crippen LogP contribution in [0.2, 0.25) is 0 Å². The van der Waals surface area contributed by atoms with E-state index in [1.54, 1.807) is 13.0 Å². The molecular formula is C23H19F2N3O4. The molecule has 0 aromatic heterocycles. The summed E-state index contributed by atoms with van der Waals surface area (Å²) in [5, 5.41) is 16.9. The second kappa shape index (κ2) is 8.33. The number of amides is 1. The highest BCUT2D eigenvalue weighted by Crippen LogP contribution is 2.43. The lowest BCUT2D eigenvalue weighted by Crippen LogP contribution is -2.35. The second-order valence-corrected chi connectivity index (χ2v) is 7.70. The summed E-state index contributed by atoms with van der Waals surface area (Å²) in [5.74, 6) is -3.43. The topological polar surface area (TPSA) is 101 Å². The van der Waals surface area contributed by atoms with Gasteiger partial charge in [0, 0.05) is 53.1 Å². The lowest BCUT2D eigenvalue weighted by Gasteiger charge is -2.34. The number of non-ortho nitro benzene ring substituents is 1. The first kappa shape index (κ1) is 21.4. The van der Waals surface area contributed by atoms with Gasteiger partial charge in [-0.15, -0.1) is 0 Å². The highest BCUT2D eigenvalue weighted by Gasteiger charge is 2.39. The van der Waals surface area contributed by atoms with Crippen molar-refractivity contribution < 1.29 is 23.3 Å². The standard InChI is InChI=1S/C23H19F2N3O4/c1-12-20(23(30)27-17-9-8-14(24)11-16(17)25)21(13-4-2-5-15(10-13)28(31)32)22-18(26-12)6-3-7-19(22)29/h2,4-5,8-11,21,26H,3,6-7H2,1H3,(H,27,30)/t21-/m0/s1. The monoisotopic (exact) mass is 439 g/mol. The molecule has 32 heavy (non-hydrogen) atoms. The van der Waals surface area contributed by atoms with E-state index in [9.17, 15) is 28.5 Å². The summed E-state index contributed by atoms with van der Waals surface area (Å²) in [6.07, 6.45) is 1.56. The number of nitro groups is 1. The molecule has 2 aliphatic rings. The molecule has 7 nitrogen and oxygen atoms in total. The van der Waals surface area contributed by atoms with Crippen LogP contribution in [0.15, 0.2) is 65.0 Å². The third-order valence-electron chi connectivity index (χ3n) is 5.61. The zero-order valence-corrected chi connectivity index (χ0v) is 17.1. The number of nitro benzene ring substituents is 1. The predicted molar refractivity (Wildman–Crippen MR) is 113 cm³/mol. The fourth-order valence-electron chi connectivity index (χ4n) is 4.22. The lowest BCUT2D eigenvalue weighted by atomic mass is 9.75. The molecule has 0 fully saturated rings. The van der Waals surface area contributed by atoms with E-state index in [4.69, 9.17) is 0 Å². The highest BCUT2D eigenvalue weighted by molar-refractivity contribution is 6.09. The number of dihydropyridines is 1. The molecule has 0 bridgehead atoms. The van der Waals surface area contributed by atoms with Gasteiger partial charge in [-0.05, 0) is 37.5 Å². The zero-order valence-electron chi connectivity index (χ0n) is 17.1. The third-order valence-corrected chi connectivity index (χ3v) is 5.61. The summed E-state index contributed by atoms with van der Waals surface area (Å²) in [7, 11) is 0. The number of benzene rings is 2. The number of rotatable bonds is 4. The minimum atomic E-state index is -0.944. The Balaban J connectivity index is 1.82. The van der Waals surface area contributed by atoms with Crippen LogP contribution in [0, 0.1) is 21.7 Å². The number of carbonyl (C=O) groups excluding carboxylic acids is 2. The number of carbonyl (C=O) groups is 2. The number of anilines is 1. The van der Waals surface area contributed by atoms with Crippen molar-refractivity contribution >= 4 is 23.1 Å². The SMILES string of the molecule is CC1=C(C(=O)Nc2ccc(F)cc2F)[C@H](c2cccc([N+](=O)[O-])c2)C2=C(CCCC2=O)N1. The van der Waals surface area contributed by atoms with Crippen molar-refractivity contribution in [1.29, 1.82) is 0 Å². The third kappa shape index (κ3) is 3.89. The maximum Gasteiger partial charge on any atom is 0.269 e. The Kier molecular flexibility index (Phi) is 5.56. The minimum Gasteiger partial charge on any atom is -0.362 e. The molecule has 2 aromatic rings. The number of nitrogens with zero attached hydrogens (tertiary/aromatic N) is 1. The highest BCUT2D eigenvalue weighted by atomic mass is 19.1. The molecule has 2 aromatic carbocycles. The molecule has 1 aliphatic carbocycles. The summed E-state index contributed by atoms with van der Waals surface area (Å²) in [4.78, 5) is 36.9. The molecule has 4 rings (SSSR count). The smallest absolute Gasteiger partial charge is 0.269 e. The molecule has 0 radical (unpaired) electrons. The number of nitrogens with one attached hydrogen (secondary N) is 2. The zero-order chi connectivity index (χ0) is 23.0. The second-order valence-electron chi connectivity index (χ2n) is 7.70. The van der Waals surface area contributed by atoms with E-state index in [0.717, 1.165) is 12.1 Å². The van der Waals surface area contributed by atoms with Crippen molar-refractivity contribution in [2.45, 2.75) is 32.1 Å². The van der Waals surface area contributed by atoms with Crippen molar-refractivity contribution in [1.82, 2.24) is 5.32 Å². The van der Waals surface area contributed by atoms with Crippen molar-refractivity contribution in [3.8, 4) is 0 Å². The molecule has 1 amide bonds. The Hall–Kier alpha value is -3.88.